The van der Waals surface area contributed by atoms with Gasteiger partial charge in [-0.2, -0.15) is 0 Å². The number of nitrogens with zero attached hydrogens (tertiary/aromatic N) is 4. The summed E-state index contributed by atoms with van der Waals surface area (Å²) in [6.07, 6.45) is 4.12. The molecule has 3 heterocycles. The minimum Gasteiger partial charge on any atom is -0.381 e. The molecule has 0 bridgehead atoms. The Kier molecular flexibility index (Phi) is 4.63. The van der Waals surface area contributed by atoms with Crippen molar-refractivity contribution in [1.29, 1.82) is 0 Å². The Morgan fingerprint density at radius 1 is 1.10 bits per heavy atom. The van der Waals surface area contributed by atoms with Crippen LogP contribution in [0.4, 0.5) is 11.5 Å². The van der Waals surface area contributed by atoms with E-state index in [4.69, 9.17) is 9.72 Å². The summed E-state index contributed by atoms with van der Waals surface area (Å²) in [4.78, 5) is 17.1. The van der Waals surface area contributed by atoms with Gasteiger partial charge in [0.25, 0.3) is 5.91 Å². The number of amides is 1. The number of nitrogens with one attached hydrogen (secondary N) is 2. The zero-order chi connectivity index (χ0) is 19.8. The number of anilines is 2. The lowest BCUT2D eigenvalue weighted by molar-refractivity contribution is 0.0693. The third-order valence-electron chi connectivity index (χ3n) is 5.58. The first kappa shape index (κ1) is 18.1. The van der Waals surface area contributed by atoms with Gasteiger partial charge in [-0.3, -0.25) is 4.79 Å². The number of hydrogen-bond donors (Lipinski definition) is 2. The Morgan fingerprint density at radius 2 is 1.93 bits per heavy atom. The summed E-state index contributed by atoms with van der Waals surface area (Å²) in [6, 6.07) is 9.70. The number of aryl methyl sites for hydroxylation is 1. The largest absolute Gasteiger partial charge is 0.381 e. The summed E-state index contributed by atoms with van der Waals surface area (Å²) in [7, 11) is 2.08. The van der Waals surface area contributed by atoms with Gasteiger partial charge in [-0.25, -0.2) is 4.98 Å². The van der Waals surface area contributed by atoms with Crippen LogP contribution in [0.3, 0.4) is 0 Å². The summed E-state index contributed by atoms with van der Waals surface area (Å²) in [5, 5.41) is 14.5. The van der Waals surface area contributed by atoms with Gasteiger partial charge in [-0.15, -0.1) is 10.2 Å². The molecule has 8 nitrogen and oxygen atoms in total. The third kappa shape index (κ3) is 3.80. The van der Waals surface area contributed by atoms with Crippen molar-refractivity contribution in [3.63, 3.8) is 0 Å². The molecule has 1 aliphatic carbocycles. The van der Waals surface area contributed by atoms with E-state index in [1.807, 2.05) is 12.1 Å². The van der Waals surface area contributed by atoms with Gasteiger partial charge < -0.3 is 19.9 Å². The van der Waals surface area contributed by atoms with E-state index in [9.17, 15) is 4.79 Å². The molecule has 0 radical (unpaired) electrons. The summed E-state index contributed by atoms with van der Waals surface area (Å²) >= 11 is 0. The molecule has 1 saturated heterocycles. The Balaban J connectivity index is 1.27. The smallest absolute Gasteiger partial charge is 0.272 e. The first-order valence-corrected chi connectivity index (χ1v) is 10.1. The molecule has 0 unspecified atom stereocenters. The second kappa shape index (κ2) is 7.44. The fourth-order valence-electron chi connectivity index (χ4n) is 3.77. The highest BCUT2D eigenvalue weighted by molar-refractivity contribution is 5.92. The number of aromatic nitrogens is 4. The minimum atomic E-state index is -0.196. The molecular weight excluding hydrogens is 368 g/mol. The molecule has 0 spiro atoms. The molecule has 1 aliphatic heterocycles. The predicted octanol–water partition coefficient (Wildman–Crippen LogP) is 2.89. The van der Waals surface area contributed by atoms with Gasteiger partial charge in [-0.05, 0) is 56.0 Å². The molecule has 1 aromatic carbocycles. The van der Waals surface area contributed by atoms with Gasteiger partial charge in [0.1, 0.15) is 5.82 Å². The van der Waals surface area contributed by atoms with Gasteiger partial charge in [-0.1, -0.05) is 0 Å². The van der Waals surface area contributed by atoms with Crippen LogP contribution in [-0.4, -0.2) is 44.9 Å². The van der Waals surface area contributed by atoms with Crippen molar-refractivity contribution in [2.45, 2.75) is 37.6 Å². The summed E-state index contributed by atoms with van der Waals surface area (Å²) in [6.45, 7) is 1.37. The number of benzene rings is 1. The first-order chi connectivity index (χ1) is 14.2. The van der Waals surface area contributed by atoms with E-state index in [1.165, 1.54) is 12.8 Å². The molecule has 2 aliphatic rings. The van der Waals surface area contributed by atoms with Gasteiger partial charge >= 0.3 is 0 Å². The van der Waals surface area contributed by atoms with Crippen LogP contribution < -0.4 is 10.6 Å². The predicted molar refractivity (Wildman–Crippen MR) is 109 cm³/mol. The minimum absolute atomic E-state index is 0.140. The zero-order valence-electron chi connectivity index (χ0n) is 16.4. The van der Waals surface area contributed by atoms with Crippen LogP contribution in [0.5, 0.6) is 0 Å². The number of fused-ring (bicyclic) bond motifs is 1. The van der Waals surface area contributed by atoms with Crippen LogP contribution in [0.25, 0.3) is 11.0 Å². The van der Waals surface area contributed by atoms with Crippen molar-refractivity contribution >= 4 is 28.4 Å². The van der Waals surface area contributed by atoms with Crippen molar-refractivity contribution in [3.05, 3.63) is 41.9 Å². The fourth-order valence-corrected chi connectivity index (χ4v) is 3.77. The van der Waals surface area contributed by atoms with E-state index in [0.717, 1.165) is 35.4 Å². The topological polar surface area (TPSA) is 94.0 Å². The molecule has 8 heteroatoms. The van der Waals surface area contributed by atoms with E-state index in [-0.39, 0.29) is 11.9 Å². The lowest BCUT2D eigenvalue weighted by Crippen LogP contribution is -2.39. The Hall–Kier alpha value is -3.00. The lowest BCUT2D eigenvalue weighted by Gasteiger charge is -2.22. The molecule has 3 aromatic rings. The summed E-state index contributed by atoms with van der Waals surface area (Å²) < 4.78 is 7.50. The van der Waals surface area contributed by atoms with Crippen molar-refractivity contribution < 1.29 is 9.53 Å². The molecule has 2 fully saturated rings. The van der Waals surface area contributed by atoms with Crippen LogP contribution in [0, 0.1) is 0 Å². The van der Waals surface area contributed by atoms with Crippen molar-refractivity contribution in [1.82, 2.24) is 25.1 Å². The maximum atomic E-state index is 12.3. The van der Waals surface area contributed by atoms with Crippen LogP contribution in [0.1, 0.15) is 47.9 Å². The monoisotopic (exact) mass is 392 g/mol. The highest BCUT2D eigenvalue weighted by Gasteiger charge is 2.28. The zero-order valence-corrected chi connectivity index (χ0v) is 16.4. The van der Waals surface area contributed by atoms with Gasteiger partial charge in [0, 0.05) is 37.9 Å². The normalized spacial score (nSPS) is 17.4. The fraction of sp³-hybridized carbons (Fsp3) is 0.429. The molecule has 0 atom stereocenters. The molecule has 5 rings (SSSR count). The van der Waals surface area contributed by atoms with E-state index < -0.39 is 0 Å². The maximum Gasteiger partial charge on any atom is 0.272 e. The number of ether oxygens (including phenoxy) is 1. The lowest BCUT2D eigenvalue weighted by atomic mass is 10.1. The molecular formula is C21H24N6O2. The summed E-state index contributed by atoms with van der Waals surface area (Å²) in [5.74, 6) is 2.16. The second-order valence-corrected chi connectivity index (χ2v) is 7.80. The maximum absolute atomic E-state index is 12.3. The highest BCUT2D eigenvalue weighted by Crippen LogP contribution is 2.40. The van der Waals surface area contributed by atoms with Gasteiger partial charge in [0.15, 0.2) is 11.5 Å². The van der Waals surface area contributed by atoms with Crippen molar-refractivity contribution in [3.8, 4) is 0 Å². The third-order valence-corrected chi connectivity index (χ3v) is 5.58. The Bertz CT molecular complexity index is 1040. The van der Waals surface area contributed by atoms with E-state index in [0.29, 0.717) is 30.6 Å². The van der Waals surface area contributed by atoms with Crippen LogP contribution in [-0.2, 0) is 11.8 Å². The van der Waals surface area contributed by atoms with Crippen molar-refractivity contribution in [2.24, 2.45) is 7.05 Å². The molecule has 2 N–H and O–H groups in total. The van der Waals surface area contributed by atoms with E-state index in [1.54, 1.807) is 12.1 Å². The van der Waals surface area contributed by atoms with Crippen LogP contribution in [0.2, 0.25) is 0 Å². The van der Waals surface area contributed by atoms with E-state index in [2.05, 4.69) is 38.5 Å². The number of rotatable bonds is 5. The molecule has 29 heavy (non-hydrogen) atoms. The quantitative estimate of drug-likeness (QED) is 0.693. The molecule has 1 saturated carbocycles. The molecule has 1 amide bonds. The standard InChI is InChI=1S/C21H24N6O2/c1-27-18-6-4-15(12-17(18)24-20(27)13-2-3-13)22-19-7-5-16(25-26-19)21(28)23-14-8-10-29-11-9-14/h4-7,12-14H,2-3,8-11H2,1H3,(H,22,26)(H,23,28). The Labute approximate surface area is 168 Å². The van der Waals surface area contributed by atoms with Crippen LogP contribution in [0.15, 0.2) is 30.3 Å². The first-order valence-electron chi connectivity index (χ1n) is 10.1. The highest BCUT2D eigenvalue weighted by atomic mass is 16.5. The molecule has 150 valence electrons. The van der Waals surface area contributed by atoms with Gasteiger partial charge in [0.05, 0.1) is 11.0 Å². The number of carbonyl (C=O) groups excluding carboxylic acids is 1. The van der Waals surface area contributed by atoms with Crippen LogP contribution >= 0.6 is 0 Å². The van der Waals surface area contributed by atoms with Crippen molar-refractivity contribution in [2.75, 3.05) is 18.5 Å². The Morgan fingerprint density at radius 3 is 2.66 bits per heavy atom. The van der Waals surface area contributed by atoms with E-state index >= 15 is 0 Å². The molecule has 2 aromatic heterocycles. The average Bonchev–Trinajstić information content (AvgIpc) is 3.53. The average molecular weight is 392 g/mol. The summed E-state index contributed by atoms with van der Waals surface area (Å²) in [5.41, 5.74) is 3.31. The second-order valence-electron chi connectivity index (χ2n) is 7.80. The number of imidazole rings is 1. The number of hydrogen-bond acceptors (Lipinski definition) is 6. The SMILES string of the molecule is Cn1c(C2CC2)nc2cc(Nc3ccc(C(=O)NC4CCOCC4)nn3)ccc21. The number of carbonyl (C=O) groups is 1. The van der Waals surface area contributed by atoms with Gasteiger partial charge in [0.2, 0.25) is 0 Å².